The number of anilines is 1. The number of primary amides is 1. The summed E-state index contributed by atoms with van der Waals surface area (Å²) in [5, 5.41) is 3.00. The molecule has 3 amide bonds. The fraction of sp³-hybridized carbons (Fsp3) is 0.400. The third-order valence-corrected chi connectivity index (χ3v) is 5.87. The zero-order valence-electron chi connectivity index (χ0n) is 18.2. The molecule has 7 heteroatoms. The number of hydrogen-bond donors (Lipinski definition) is 2. The predicted octanol–water partition coefficient (Wildman–Crippen LogP) is 2.45. The van der Waals surface area contributed by atoms with Crippen LogP contribution < -0.4 is 16.0 Å². The molecule has 0 bridgehead atoms. The second kappa shape index (κ2) is 9.96. The first kappa shape index (κ1) is 22.0. The Bertz CT molecular complexity index is 953. The van der Waals surface area contributed by atoms with Crippen molar-refractivity contribution in [2.75, 3.05) is 18.0 Å². The van der Waals surface area contributed by atoms with Crippen molar-refractivity contribution in [3.8, 4) is 0 Å². The lowest BCUT2D eigenvalue weighted by Gasteiger charge is -2.27. The molecule has 2 saturated carbocycles. The van der Waals surface area contributed by atoms with E-state index < -0.39 is 5.91 Å². The van der Waals surface area contributed by atoms with Crippen LogP contribution in [0.3, 0.4) is 0 Å². The molecule has 2 fully saturated rings. The summed E-state index contributed by atoms with van der Waals surface area (Å²) < 4.78 is 0. The standard InChI is InChI=1S/C25H30N4O3/c26-23(30)14-15-29(22-4-2-1-3-5-22)24(31)17-28(21-12-13-21)16-18-6-8-19(9-7-18)25(32)27-20-10-11-20/h1-9,20-21H,10-17H2,(H2,26,30)(H,27,32). The molecular formula is C25H30N4O3. The van der Waals surface area contributed by atoms with Gasteiger partial charge in [-0.25, -0.2) is 0 Å². The molecule has 2 aliphatic carbocycles. The predicted molar refractivity (Wildman–Crippen MR) is 123 cm³/mol. The summed E-state index contributed by atoms with van der Waals surface area (Å²) in [6, 6.07) is 17.7. The van der Waals surface area contributed by atoms with Gasteiger partial charge in [-0.15, -0.1) is 0 Å². The Morgan fingerprint density at radius 2 is 1.62 bits per heavy atom. The van der Waals surface area contributed by atoms with Crippen molar-refractivity contribution in [1.29, 1.82) is 0 Å². The molecule has 0 aromatic heterocycles. The Balaban J connectivity index is 1.41. The number of nitrogens with zero attached hydrogens (tertiary/aromatic N) is 2. The van der Waals surface area contributed by atoms with E-state index >= 15 is 0 Å². The van der Waals surface area contributed by atoms with Gasteiger partial charge in [-0.2, -0.15) is 0 Å². The van der Waals surface area contributed by atoms with Gasteiger partial charge < -0.3 is 16.0 Å². The first-order valence-electron chi connectivity index (χ1n) is 11.3. The van der Waals surface area contributed by atoms with E-state index in [9.17, 15) is 14.4 Å². The number of rotatable bonds is 11. The molecule has 168 valence electrons. The van der Waals surface area contributed by atoms with Crippen molar-refractivity contribution in [2.45, 2.75) is 50.7 Å². The minimum atomic E-state index is -0.427. The average molecular weight is 435 g/mol. The number of amides is 3. The van der Waals surface area contributed by atoms with Crippen molar-refractivity contribution in [3.05, 3.63) is 65.7 Å². The number of nitrogens with one attached hydrogen (secondary N) is 1. The first-order chi connectivity index (χ1) is 15.5. The molecule has 0 atom stereocenters. The highest BCUT2D eigenvalue weighted by Gasteiger charge is 2.32. The third-order valence-electron chi connectivity index (χ3n) is 5.87. The Kier molecular flexibility index (Phi) is 6.85. The number of carbonyl (C=O) groups excluding carboxylic acids is 3. The summed E-state index contributed by atoms with van der Waals surface area (Å²) in [6.07, 6.45) is 4.39. The van der Waals surface area contributed by atoms with Crippen LogP contribution in [0.4, 0.5) is 5.69 Å². The SMILES string of the molecule is NC(=O)CCN(C(=O)CN(Cc1ccc(C(=O)NC2CC2)cc1)C1CC1)c1ccccc1. The average Bonchev–Trinajstić information content (AvgIpc) is 3.69. The van der Waals surface area contributed by atoms with E-state index in [-0.39, 0.29) is 31.3 Å². The summed E-state index contributed by atoms with van der Waals surface area (Å²) in [6.45, 7) is 1.17. The fourth-order valence-electron chi connectivity index (χ4n) is 3.73. The van der Waals surface area contributed by atoms with Gasteiger partial charge in [-0.1, -0.05) is 30.3 Å². The van der Waals surface area contributed by atoms with Crippen LogP contribution in [0.15, 0.2) is 54.6 Å². The molecule has 2 aliphatic rings. The first-order valence-corrected chi connectivity index (χ1v) is 11.3. The van der Waals surface area contributed by atoms with Crippen molar-refractivity contribution in [1.82, 2.24) is 10.2 Å². The Morgan fingerprint density at radius 1 is 0.938 bits per heavy atom. The van der Waals surface area contributed by atoms with Gasteiger partial charge in [0.15, 0.2) is 0 Å². The molecule has 0 unspecified atom stereocenters. The molecule has 0 aliphatic heterocycles. The smallest absolute Gasteiger partial charge is 0.251 e. The number of nitrogens with two attached hydrogens (primary N) is 1. The summed E-state index contributed by atoms with van der Waals surface area (Å²) >= 11 is 0. The van der Waals surface area contributed by atoms with Gasteiger partial charge in [0, 0.05) is 42.8 Å². The number of hydrogen-bond acceptors (Lipinski definition) is 4. The van der Waals surface area contributed by atoms with Crippen LogP contribution in [-0.2, 0) is 16.1 Å². The van der Waals surface area contributed by atoms with E-state index in [1.54, 1.807) is 4.90 Å². The van der Waals surface area contributed by atoms with Crippen molar-refractivity contribution in [2.24, 2.45) is 5.73 Å². The largest absolute Gasteiger partial charge is 0.370 e. The molecule has 3 N–H and O–H groups in total. The van der Waals surface area contributed by atoms with Crippen LogP contribution in [0.25, 0.3) is 0 Å². The highest BCUT2D eigenvalue weighted by atomic mass is 16.2. The van der Waals surface area contributed by atoms with Gasteiger partial charge in [0.25, 0.3) is 5.91 Å². The van der Waals surface area contributed by atoms with Crippen LogP contribution in [0.2, 0.25) is 0 Å². The molecule has 0 radical (unpaired) electrons. The van der Waals surface area contributed by atoms with Gasteiger partial charge in [-0.05, 0) is 55.5 Å². The second-order valence-corrected chi connectivity index (χ2v) is 8.68. The minimum Gasteiger partial charge on any atom is -0.370 e. The number of carbonyl (C=O) groups is 3. The summed E-state index contributed by atoms with van der Waals surface area (Å²) in [4.78, 5) is 40.6. The van der Waals surface area contributed by atoms with E-state index in [0.717, 1.165) is 36.9 Å². The second-order valence-electron chi connectivity index (χ2n) is 8.68. The molecule has 0 spiro atoms. The Labute approximate surface area is 188 Å². The highest BCUT2D eigenvalue weighted by molar-refractivity contribution is 5.95. The molecular weight excluding hydrogens is 404 g/mol. The van der Waals surface area contributed by atoms with Crippen LogP contribution >= 0.6 is 0 Å². The lowest BCUT2D eigenvalue weighted by atomic mass is 10.1. The Hall–Kier alpha value is -3.19. The highest BCUT2D eigenvalue weighted by Crippen LogP contribution is 2.29. The van der Waals surface area contributed by atoms with Crippen LogP contribution in [-0.4, -0.2) is 47.8 Å². The van der Waals surface area contributed by atoms with E-state index in [4.69, 9.17) is 5.73 Å². The minimum absolute atomic E-state index is 0.0266. The lowest BCUT2D eigenvalue weighted by Crippen LogP contribution is -2.42. The third kappa shape index (κ3) is 6.17. The van der Waals surface area contributed by atoms with Crippen LogP contribution in [0, 0.1) is 0 Å². The molecule has 0 saturated heterocycles. The maximum atomic E-state index is 13.2. The quantitative estimate of drug-likeness (QED) is 0.568. The van der Waals surface area contributed by atoms with Crippen molar-refractivity contribution < 1.29 is 14.4 Å². The van der Waals surface area contributed by atoms with E-state index in [1.807, 2.05) is 54.6 Å². The van der Waals surface area contributed by atoms with Gasteiger partial charge in [0.05, 0.1) is 6.54 Å². The van der Waals surface area contributed by atoms with Crippen molar-refractivity contribution >= 4 is 23.4 Å². The Morgan fingerprint density at radius 3 is 2.22 bits per heavy atom. The number of benzene rings is 2. The fourth-order valence-corrected chi connectivity index (χ4v) is 3.73. The summed E-state index contributed by atoms with van der Waals surface area (Å²) in [5.74, 6) is -0.505. The molecule has 32 heavy (non-hydrogen) atoms. The van der Waals surface area contributed by atoms with E-state index in [0.29, 0.717) is 24.2 Å². The lowest BCUT2D eigenvalue weighted by molar-refractivity contribution is -0.120. The molecule has 2 aromatic carbocycles. The number of para-hydroxylation sites is 1. The van der Waals surface area contributed by atoms with Gasteiger partial charge in [0.1, 0.15) is 0 Å². The maximum absolute atomic E-state index is 13.2. The normalized spacial score (nSPS) is 15.4. The molecule has 0 heterocycles. The van der Waals surface area contributed by atoms with Gasteiger partial charge in [-0.3, -0.25) is 19.3 Å². The topological polar surface area (TPSA) is 95.7 Å². The maximum Gasteiger partial charge on any atom is 0.251 e. The monoisotopic (exact) mass is 434 g/mol. The van der Waals surface area contributed by atoms with E-state index in [1.165, 1.54) is 0 Å². The molecule has 2 aromatic rings. The zero-order chi connectivity index (χ0) is 22.5. The van der Waals surface area contributed by atoms with E-state index in [2.05, 4.69) is 10.2 Å². The van der Waals surface area contributed by atoms with Crippen LogP contribution in [0.1, 0.15) is 48.0 Å². The summed E-state index contributed by atoms with van der Waals surface area (Å²) in [5.41, 5.74) is 7.82. The molecule has 7 nitrogen and oxygen atoms in total. The van der Waals surface area contributed by atoms with Crippen molar-refractivity contribution in [3.63, 3.8) is 0 Å². The summed E-state index contributed by atoms with van der Waals surface area (Å²) in [7, 11) is 0. The van der Waals surface area contributed by atoms with Crippen LogP contribution in [0.5, 0.6) is 0 Å². The molecule has 4 rings (SSSR count). The van der Waals surface area contributed by atoms with Gasteiger partial charge in [0.2, 0.25) is 11.8 Å². The zero-order valence-corrected chi connectivity index (χ0v) is 18.2. The van der Waals surface area contributed by atoms with Gasteiger partial charge >= 0.3 is 0 Å².